The fraction of sp³-hybridized carbons (Fsp3) is 0.469. The molecule has 4 aliphatic heterocycles. The van der Waals surface area contributed by atoms with E-state index in [2.05, 4.69) is 267 Å². The SMILES string of the molecule is COc1c2cc(C(C)(C)C)cc1Cc1cc(C(C)(C)C)cc3c1OCc1cccc(n1)CN1CCN4CCN(CC1)Cc1cccc(n1)COc1c(cc(C(C)(C)C)cc1Cc1cc(C(C)(C)C)cc(c1OC)C3)Cc1cc(C(C)(C)C)cc(c1OC)Cc1cc(C(C)(C)C)cc(c1OCc1cccc(n1)C4)C2. The predicted octanol–water partition coefficient (Wildman–Crippen LogP) is 19.7. The zero-order valence-electron chi connectivity index (χ0n) is 69.0. The third-order valence-electron chi connectivity index (χ3n) is 22.6. The van der Waals surface area contributed by atoms with Gasteiger partial charge in [-0.25, -0.2) is 0 Å². The maximum Gasteiger partial charge on any atom is 0.130 e. The van der Waals surface area contributed by atoms with Crippen LogP contribution in [-0.2, 0) is 110 Å². The Kier molecular flexibility index (Phi) is 22.1. The Morgan fingerprint density at radius 1 is 0.259 bits per heavy atom. The summed E-state index contributed by atoms with van der Waals surface area (Å²) in [7, 11) is 5.56. The smallest absolute Gasteiger partial charge is 0.130 e. The summed E-state index contributed by atoms with van der Waals surface area (Å²) in [6.45, 7) is 49.8. The average molecular weight is 1450 g/mol. The minimum absolute atomic E-state index is 0.246. The van der Waals surface area contributed by atoms with Crippen molar-refractivity contribution in [3.05, 3.63) is 262 Å². The highest BCUT2D eigenvalue weighted by atomic mass is 16.5. The fourth-order valence-electron chi connectivity index (χ4n) is 16.2. The van der Waals surface area contributed by atoms with E-state index in [0.717, 1.165) is 175 Å². The van der Waals surface area contributed by atoms with Crippen LogP contribution in [0.15, 0.2) is 127 Å². The largest absolute Gasteiger partial charge is 0.496 e. The minimum atomic E-state index is -0.255. The molecular formula is C96H120N6O6. The van der Waals surface area contributed by atoms with Gasteiger partial charge in [0.2, 0.25) is 0 Å². The first kappa shape index (κ1) is 77.6. The van der Waals surface area contributed by atoms with Gasteiger partial charge >= 0.3 is 0 Å². The summed E-state index contributed by atoms with van der Waals surface area (Å²) in [6.07, 6.45) is 3.12. The zero-order chi connectivity index (χ0) is 77.0. The third kappa shape index (κ3) is 17.8. The number of fused-ring (bicyclic) bond motifs is 6. The minimum Gasteiger partial charge on any atom is -0.496 e. The molecular weight excluding hydrogens is 1330 g/mol. The Bertz CT molecular complexity index is 4160. The molecule has 14 rings (SSSR count). The monoisotopic (exact) mass is 1450 g/mol. The number of nitrogens with zero attached hydrogens (tertiary/aromatic N) is 6. The second-order valence-electron chi connectivity index (χ2n) is 37.5. The summed E-state index contributed by atoms with van der Waals surface area (Å²) in [6, 6.07) is 48.4. The van der Waals surface area contributed by atoms with Crippen LogP contribution in [0.2, 0.25) is 0 Å². The third-order valence-corrected chi connectivity index (χ3v) is 22.6. The number of rotatable bonds is 3. The van der Waals surface area contributed by atoms with Gasteiger partial charge in [0.05, 0.1) is 55.5 Å². The molecule has 570 valence electrons. The zero-order valence-corrected chi connectivity index (χ0v) is 69.0. The topological polar surface area (TPSA) is 104 Å². The van der Waals surface area contributed by atoms with Crippen molar-refractivity contribution >= 4 is 0 Å². The maximum absolute atomic E-state index is 7.67. The van der Waals surface area contributed by atoms with Gasteiger partial charge in [0.25, 0.3) is 0 Å². The van der Waals surface area contributed by atoms with Crippen LogP contribution in [0.4, 0.5) is 0 Å². The molecule has 0 unspecified atom stereocenters. The second-order valence-corrected chi connectivity index (χ2v) is 37.5. The van der Waals surface area contributed by atoms with Gasteiger partial charge in [0, 0.05) is 97.4 Å². The first-order valence-corrected chi connectivity index (χ1v) is 39.5. The molecule has 0 saturated carbocycles. The molecule has 7 heterocycles. The molecule has 1 fully saturated rings. The van der Waals surface area contributed by atoms with Crippen molar-refractivity contribution in [2.24, 2.45) is 0 Å². The number of methoxy groups -OCH3 is 3. The van der Waals surface area contributed by atoms with E-state index in [1.54, 1.807) is 0 Å². The van der Waals surface area contributed by atoms with Gasteiger partial charge in [-0.15, -0.1) is 0 Å². The van der Waals surface area contributed by atoms with Crippen molar-refractivity contribution in [2.45, 2.75) is 235 Å². The van der Waals surface area contributed by atoms with Crippen molar-refractivity contribution < 1.29 is 28.4 Å². The molecule has 1 aliphatic carbocycles. The quantitative estimate of drug-likeness (QED) is 0.168. The lowest BCUT2D eigenvalue weighted by Gasteiger charge is -2.29. The Morgan fingerprint density at radius 2 is 0.435 bits per heavy atom. The summed E-state index contributed by atoms with van der Waals surface area (Å²) < 4.78 is 43.9. The van der Waals surface area contributed by atoms with Crippen LogP contribution in [0.3, 0.4) is 0 Å². The Morgan fingerprint density at radius 3 is 0.611 bits per heavy atom. The van der Waals surface area contributed by atoms with Gasteiger partial charge in [-0.05, 0) is 169 Å². The first-order chi connectivity index (χ1) is 51.0. The fourth-order valence-corrected chi connectivity index (χ4v) is 16.2. The van der Waals surface area contributed by atoms with Crippen LogP contribution < -0.4 is 28.4 Å². The van der Waals surface area contributed by atoms with Gasteiger partial charge in [-0.2, -0.15) is 0 Å². The normalized spacial score (nSPS) is 17.7. The summed E-state index contributed by atoms with van der Waals surface area (Å²) >= 11 is 0. The summed E-state index contributed by atoms with van der Waals surface area (Å²) in [5.41, 5.74) is 24.4. The van der Waals surface area contributed by atoms with E-state index in [0.29, 0.717) is 58.2 Å². The van der Waals surface area contributed by atoms with Crippen molar-refractivity contribution in [3.8, 4) is 34.5 Å². The molecule has 1 saturated heterocycles. The van der Waals surface area contributed by atoms with E-state index in [-0.39, 0.29) is 52.3 Å². The molecule has 0 spiro atoms. The Labute approximate surface area is 646 Å². The van der Waals surface area contributed by atoms with Crippen molar-refractivity contribution in [1.29, 1.82) is 0 Å². The average Bonchev–Trinajstić information content (AvgIpc) is 0.771. The van der Waals surface area contributed by atoms with Gasteiger partial charge in [-0.1, -0.05) is 216 Å². The van der Waals surface area contributed by atoms with Crippen LogP contribution in [0.5, 0.6) is 34.5 Å². The van der Waals surface area contributed by atoms with Crippen LogP contribution in [-0.4, -0.2) is 90.2 Å². The lowest BCUT2D eigenvalue weighted by molar-refractivity contribution is 0.206. The molecule has 108 heavy (non-hydrogen) atoms. The predicted molar refractivity (Wildman–Crippen MR) is 439 cm³/mol. The number of pyridine rings is 3. The molecule has 0 N–H and O–H groups in total. The molecule has 5 aliphatic rings. The maximum atomic E-state index is 7.67. The molecule has 12 nitrogen and oxygen atoms in total. The number of ether oxygens (including phenoxy) is 6. The Balaban J connectivity index is 1.18. The summed E-state index contributed by atoms with van der Waals surface area (Å²) in [5, 5.41) is 0. The van der Waals surface area contributed by atoms with E-state index in [1.807, 2.05) is 21.3 Å². The van der Waals surface area contributed by atoms with Crippen LogP contribution in [0.1, 0.15) is 259 Å². The lowest BCUT2D eigenvalue weighted by Crippen LogP contribution is -2.35. The molecule has 6 aromatic carbocycles. The van der Waals surface area contributed by atoms with E-state index >= 15 is 0 Å². The highest BCUT2D eigenvalue weighted by molar-refractivity contribution is 5.62. The number of aromatic nitrogens is 3. The lowest BCUT2D eigenvalue weighted by atomic mass is 9.79. The molecule has 0 amide bonds. The number of benzene rings is 6. The highest BCUT2D eigenvalue weighted by Crippen LogP contribution is 2.47. The van der Waals surface area contributed by atoms with Gasteiger partial charge < -0.3 is 28.4 Å². The first-order valence-electron chi connectivity index (χ1n) is 39.5. The highest BCUT2D eigenvalue weighted by Gasteiger charge is 2.33. The summed E-state index contributed by atoms with van der Waals surface area (Å²) in [4.78, 5) is 24.3. The number of hydrogen-bond acceptors (Lipinski definition) is 12. The van der Waals surface area contributed by atoms with Crippen LogP contribution in [0.25, 0.3) is 0 Å². The second kappa shape index (κ2) is 30.7. The van der Waals surface area contributed by atoms with Crippen LogP contribution >= 0.6 is 0 Å². The van der Waals surface area contributed by atoms with Gasteiger partial charge in [0.15, 0.2) is 0 Å². The standard InChI is InChI=1S/C96H120N6O6/c1-91(2,3)73-43-61-37-67-49-76(94(10,11)12)51-69-39-63-45-74(92(4,5)6)47-65(86(63)104-20)41-71-53-78(96(16,17)18)54-72-42-66-48-75(93(7,8)9)46-64(87(66)105-21)40-70-52-77(95(13,14)15)50-68(38-62(44-73)85(61)103-19)89(70)107-59-83-29-23-26-80(98-83)56-101-32-31-100(55-79-25-22-28-82(97-79)58-106-88(67)69)33-35-102(36-34-101)57-81-27-24-30-84(99-81)60-108-90(71)72/h22-30,43-54H,31-42,55-60H2,1-21H3. The molecule has 9 aromatic rings. The van der Waals surface area contributed by atoms with Crippen molar-refractivity contribution in [1.82, 2.24) is 29.7 Å². The molecule has 0 radical (unpaired) electrons. The molecule has 0 atom stereocenters. The van der Waals surface area contributed by atoms with Crippen molar-refractivity contribution in [3.63, 3.8) is 0 Å². The van der Waals surface area contributed by atoms with E-state index in [9.17, 15) is 0 Å². The summed E-state index contributed by atoms with van der Waals surface area (Å²) in [5.74, 6) is 5.07. The van der Waals surface area contributed by atoms with Gasteiger partial charge in [-0.3, -0.25) is 29.7 Å². The van der Waals surface area contributed by atoms with E-state index < -0.39 is 0 Å². The van der Waals surface area contributed by atoms with E-state index in [4.69, 9.17) is 43.4 Å². The van der Waals surface area contributed by atoms with E-state index in [1.165, 1.54) is 33.4 Å². The Hall–Kier alpha value is -8.55. The molecule has 3 aromatic heterocycles. The van der Waals surface area contributed by atoms with Gasteiger partial charge in [0.1, 0.15) is 54.3 Å². The molecule has 12 heteroatoms. The van der Waals surface area contributed by atoms with Crippen LogP contribution in [0, 0.1) is 0 Å². The molecule has 24 bridgehead atoms. The number of hydrogen-bond donors (Lipinski definition) is 0. The van der Waals surface area contributed by atoms with Crippen molar-refractivity contribution in [2.75, 3.05) is 60.6 Å².